The quantitative estimate of drug-likeness (QED) is 0.932. The molecular formula is C13H15BrClN3. The SMILES string of the molecule is CCC(N)Cc1c(Cl)cccc1-n1cc(Br)cn1. The topological polar surface area (TPSA) is 43.8 Å². The third kappa shape index (κ3) is 2.94. The van der Waals surface area contributed by atoms with Gasteiger partial charge in [-0.3, -0.25) is 0 Å². The van der Waals surface area contributed by atoms with Gasteiger partial charge in [0.15, 0.2) is 0 Å². The van der Waals surface area contributed by atoms with Crippen molar-refractivity contribution in [2.24, 2.45) is 5.73 Å². The Morgan fingerprint density at radius 2 is 2.28 bits per heavy atom. The molecule has 1 unspecified atom stereocenters. The van der Waals surface area contributed by atoms with E-state index in [0.717, 1.165) is 33.6 Å². The van der Waals surface area contributed by atoms with Crippen LogP contribution in [0.25, 0.3) is 5.69 Å². The number of hydrogen-bond acceptors (Lipinski definition) is 2. The van der Waals surface area contributed by atoms with Gasteiger partial charge in [0, 0.05) is 17.3 Å². The van der Waals surface area contributed by atoms with Crippen molar-refractivity contribution in [3.05, 3.63) is 45.7 Å². The van der Waals surface area contributed by atoms with E-state index in [1.165, 1.54) is 0 Å². The van der Waals surface area contributed by atoms with Crippen molar-refractivity contribution < 1.29 is 0 Å². The van der Waals surface area contributed by atoms with Gasteiger partial charge in [-0.1, -0.05) is 24.6 Å². The minimum Gasteiger partial charge on any atom is -0.327 e. The molecule has 0 saturated heterocycles. The zero-order chi connectivity index (χ0) is 13.1. The highest BCUT2D eigenvalue weighted by Crippen LogP contribution is 2.25. The number of hydrogen-bond donors (Lipinski definition) is 1. The first-order valence-corrected chi connectivity index (χ1v) is 7.02. The van der Waals surface area contributed by atoms with E-state index in [1.807, 2.05) is 29.1 Å². The lowest BCUT2D eigenvalue weighted by atomic mass is 10.0. The predicted molar refractivity (Wildman–Crippen MR) is 78.2 cm³/mol. The second-order valence-electron chi connectivity index (χ2n) is 4.21. The summed E-state index contributed by atoms with van der Waals surface area (Å²) < 4.78 is 2.75. The Labute approximate surface area is 120 Å². The molecule has 1 heterocycles. The van der Waals surface area contributed by atoms with Crippen molar-refractivity contribution in [1.29, 1.82) is 0 Å². The molecule has 0 spiro atoms. The van der Waals surface area contributed by atoms with Gasteiger partial charge >= 0.3 is 0 Å². The van der Waals surface area contributed by atoms with Crippen LogP contribution < -0.4 is 5.73 Å². The molecule has 0 aliphatic heterocycles. The standard InChI is InChI=1S/C13H15BrClN3/c1-2-10(16)6-11-12(15)4-3-5-13(11)18-8-9(14)7-17-18/h3-5,7-8,10H,2,6,16H2,1H3. The van der Waals surface area contributed by atoms with Gasteiger partial charge in [-0.25, -0.2) is 4.68 Å². The molecule has 1 aromatic carbocycles. The van der Waals surface area contributed by atoms with Gasteiger partial charge in [0.25, 0.3) is 0 Å². The Bertz CT molecular complexity index is 539. The largest absolute Gasteiger partial charge is 0.327 e. The molecule has 1 atom stereocenters. The maximum absolute atomic E-state index is 6.28. The number of aromatic nitrogens is 2. The monoisotopic (exact) mass is 327 g/mol. The molecule has 5 heteroatoms. The maximum atomic E-state index is 6.28. The fourth-order valence-corrected chi connectivity index (χ4v) is 2.34. The summed E-state index contributed by atoms with van der Waals surface area (Å²) in [5, 5.41) is 5.03. The lowest BCUT2D eigenvalue weighted by molar-refractivity contribution is 0.642. The first kappa shape index (κ1) is 13.6. The molecule has 2 N–H and O–H groups in total. The highest BCUT2D eigenvalue weighted by atomic mass is 79.9. The number of benzene rings is 1. The van der Waals surface area contributed by atoms with Crippen molar-refractivity contribution in [3.8, 4) is 5.69 Å². The molecule has 0 fully saturated rings. The summed E-state index contributed by atoms with van der Waals surface area (Å²) in [5.74, 6) is 0. The zero-order valence-electron chi connectivity index (χ0n) is 10.1. The lowest BCUT2D eigenvalue weighted by Gasteiger charge is -2.15. The molecule has 0 aliphatic carbocycles. The van der Waals surface area contributed by atoms with Crippen molar-refractivity contribution >= 4 is 27.5 Å². The predicted octanol–water partition coefficient (Wildman–Crippen LogP) is 3.57. The fourth-order valence-electron chi connectivity index (χ4n) is 1.80. The Morgan fingerprint density at radius 1 is 1.50 bits per heavy atom. The highest BCUT2D eigenvalue weighted by Gasteiger charge is 2.12. The van der Waals surface area contributed by atoms with E-state index in [0.29, 0.717) is 0 Å². The van der Waals surface area contributed by atoms with Crippen molar-refractivity contribution in [3.63, 3.8) is 0 Å². The smallest absolute Gasteiger partial charge is 0.0693 e. The number of nitrogens with two attached hydrogens (primary N) is 1. The van der Waals surface area contributed by atoms with Crippen LogP contribution in [0, 0.1) is 0 Å². The van der Waals surface area contributed by atoms with Gasteiger partial charge in [0.05, 0.1) is 16.4 Å². The molecule has 0 amide bonds. The Balaban J connectivity index is 2.43. The Kier molecular flexibility index (Phi) is 4.43. The molecule has 0 aliphatic rings. The van der Waals surface area contributed by atoms with E-state index >= 15 is 0 Å². The Hall–Kier alpha value is -0.840. The zero-order valence-corrected chi connectivity index (χ0v) is 12.4. The van der Waals surface area contributed by atoms with E-state index in [2.05, 4.69) is 28.0 Å². The van der Waals surface area contributed by atoms with Gasteiger partial charge < -0.3 is 5.73 Å². The molecular weight excluding hydrogens is 314 g/mol. The van der Waals surface area contributed by atoms with E-state index in [4.69, 9.17) is 17.3 Å². The van der Waals surface area contributed by atoms with Gasteiger partial charge in [0.1, 0.15) is 0 Å². The first-order chi connectivity index (χ1) is 8.61. The van der Waals surface area contributed by atoms with E-state index < -0.39 is 0 Å². The average Bonchev–Trinajstić information content (AvgIpc) is 2.78. The van der Waals surface area contributed by atoms with Gasteiger partial charge in [-0.05, 0) is 46.5 Å². The minimum atomic E-state index is 0.114. The summed E-state index contributed by atoms with van der Waals surface area (Å²) in [6.07, 6.45) is 5.34. The van der Waals surface area contributed by atoms with Crippen molar-refractivity contribution in [1.82, 2.24) is 9.78 Å². The normalized spacial score (nSPS) is 12.7. The molecule has 3 nitrogen and oxygen atoms in total. The summed E-state index contributed by atoms with van der Waals surface area (Å²) >= 11 is 9.67. The lowest BCUT2D eigenvalue weighted by Crippen LogP contribution is -2.22. The molecule has 0 bridgehead atoms. The van der Waals surface area contributed by atoms with Crippen LogP contribution in [0.4, 0.5) is 0 Å². The third-order valence-corrected chi connectivity index (χ3v) is 3.65. The Morgan fingerprint density at radius 3 is 2.89 bits per heavy atom. The van der Waals surface area contributed by atoms with Crippen LogP contribution in [0.1, 0.15) is 18.9 Å². The van der Waals surface area contributed by atoms with Crippen LogP contribution in [0.5, 0.6) is 0 Å². The minimum absolute atomic E-state index is 0.114. The van der Waals surface area contributed by atoms with Crippen LogP contribution in [0.15, 0.2) is 35.1 Å². The number of nitrogens with zero attached hydrogens (tertiary/aromatic N) is 2. The number of rotatable bonds is 4. The summed E-state index contributed by atoms with van der Waals surface area (Å²) in [6.45, 7) is 2.08. The molecule has 0 radical (unpaired) electrons. The third-order valence-electron chi connectivity index (χ3n) is 2.88. The van der Waals surface area contributed by atoms with Crippen LogP contribution in [0.2, 0.25) is 5.02 Å². The second kappa shape index (κ2) is 5.87. The molecule has 2 rings (SSSR count). The van der Waals surface area contributed by atoms with E-state index in [1.54, 1.807) is 6.20 Å². The summed E-state index contributed by atoms with van der Waals surface area (Å²) in [6, 6.07) is 5.93. The fraction of sp³-hybridized carbons (Fsp3) is 0.308. The number of halogens is 2. The molecule has 1 aromatic heterocycles. The van der Waals surface area contributed by atoms with E-state index in [9.17, 15) is 0 Å². The van der Waals surface area contributed by atoms with Crippen LogP contribution in [0.3, 0.4) is 0 Å². The maximum Gasteiger partial charge on any atom is 0.0693 e. The summed E-state index contributed by atoms with van der Waals surface area (Å²) in [5.41, 5.74) is 8.06. The van der Waals surface area contributed by atoms with Crippen molar-refractivity contribution in [2.75, 3.05) is 0 Å². The van der Waals surface area contributed by atoms with Crippen molar-refractivity contribution in [2.45, 2.75) is 25.8 Å². The molecule has 18 heavy (non-hydrogen) atoms. The molecule has 2 aromatic rings. The highest BCUT2D eigenvalue weighted by molar-refractivity contribution is 9.10. The summed E-state index contributed by atoms with van der Waals surface area (Å²) in [4.78, 5) is 0. The van der Waals surface area contributed by atoms with Crippen LogP contribution in [-0.2, 0) is 6.42 Å². The van der Waals surface area contributed by atoms with Gasteiger partial charge in [-0.2, -0.15) is 5.10 Å². The average molecular weight is 329 g/mol. The molecule has 96 valence electrons. The van der Waals surface area contributed by atoms with Gasteiger partial charge in [0.2, 0.25) is 0 Å². The van der Waals surface area contributed by atoms with E-state index in [-0.39, 0.29) is 6.04 Å². The van der Waals surface area contributed by atoms with Crippen LogP contribution in [-0.4, -0.2) is 15.8 Å². The first-order valence-electron chi connectivity index (χ1n) is 5.85. The molecule has 0 saturated carbocycles. The van der Waals surface area contributed by atoms with Gasteiger partial charge in [-0.15, -0.1) is 0 Å². The second-order valence-corrected chi connectivity index (χ2v) is 5.54. The van der Waals surface area contributed by atoms with Crippen LogP contribution >= 0.6 is 27.5 Å². The summed E-state index contributed by atoms with van der Waals surface area (Å²) in [7, 11) is 0.